The number of anilines is 1. The molecule has 252 valence electrons. The standard InChI is InChI=1S/C36H35Cl4N3O4S/c1-24-11-15-32(16-12-24)48(46,47)43(31-19-28(38)18-29(39)20-31)23-35(44)42(22-26-13-14-27(37)21-33(26)40)34(17-25-7-3-2-4-8-25)36(45)41-30-9-5-6-10-30/h2-4,7-8,11-16,18-21,30,34H,5-6,9-10,17,22-23H2,1H3,(H,41,45). The molecule has 4 aromatic rings. The number of halogens is 4. The Morgan fingerprint density at radius 3 is 2.10 bits per heavy atom. The van der Waals surface area contributed by atoms with Gasteiger partial charge in [0, 0.05) is 39.1 Å². The molecule has 1 aliphatic rings. The third kappa shape index (κ3) is 9.04. The zero-order valence-electron chi connectivity index (χ0n) is 26.2. The molecular weight excluding hydrogens is 712 g/mol. The molecule has 2 amide bonds. The van der Waals surface area contributed by atoms with Gasteiger partial charge in [-0.1, -0.05) is 113 Å². The van der Waals surface area contributed by atoms with Crippen molar-refractivity contribution in [1.29, 1.82) is 0 Å². The van der Waals surface area contributed by atoms with Crippen LogP contribution in [-0.2, 0) is 32.6 Å². The van der Waals surface area contributed by atoms with Crippen molar-refractivity contribution >= 4 is 73.9 Å². The predicted molar refractivity (Wildman–Crippen MR) is 194 cm³/mol. The zero-order chi connectivity index (χ0) is 34.4. The van der Waals surface area contributed by atoms with Gasteiger partial charge < -0.3 is 10.2 Å². The number of hydrogen-bond acceptors (Lipinski definition) is 4. The molecule has 0 aliphatic heterocycles. The van der Waals surface area contributed by atoms with E-state index in [9.17, 15) is 18.0 Å². The molecule has 0 spiro atoms. The molecule has 0 heterocycles. The van der Waals surface area contributed by atoms with Crippen LogP contribution in [0.25, 0.3) is 0 Å². The van der Waals surface area contributed by atoms with Crippen LogP contribution in [0.1, 0.15) is 42.4 Å². The Kier molecular flexibility index (Phi) is 12.0. The first-order chi connectivity index (χ1) is 22.9. The summed E-state index contributed by atoms with van der Waals surface area (Å²) in [6.45, 7) is 1.11. The van der Waals surface area contributed by atoms with E-state index in [1.807, 2.05) is 37.3 Å². The monoisotopic (exact) mass is 745 g/mol. The van der Waals surface area contributed by atoms with Crippen molar-refractivity contribution in [3.05, 3.63) is 128 Å². The fraction of sp³-hybridized carbons (Fsp3) is 0.278. The lowest BCUT2D eigenvalue weighted by atomic mass is 10.0. The van der Waals surface area contributed by atoms with Gasteiger partial charge in [0.05, 0.1) is 10.6 Å². The van der Waals surface area contributed by atoms with Gasteiger partial charge in [-0.25, -0.2) is 8.42 Å². The SMILES string of the molecule is Cc1ccc(S(=O)(=O)N(CC(=O)N(Cc2ccc(Cl)cc2Cl)C(Cc2ccccc2)C(=O)NC2CCCC2)c2cc(Cl)cc(Cl)c2)cc1. The Morgan fingerprint density at radius 1 is 0.833 bits per heavy atom. The van der Waals surface area contributed by atoms with Crippen LogP contribution < -0.4 is 9.62 Å². The summed E-state index contributed by atoms with van der Waals surface area (Å²) < 4.78 is 29.5. The Hall–Kier alpha value is -3.27. The number of benzene rings is 4. The van der Waals surface area contributed by atoms with E-state index in [1.54, 1.807) is 30.3 Å². The summed E-state index contributed by atoms with van der Waals surface area (Å²) >= 11 is 25.5. The predicted octanol–water partition coefficient (Wildman–Crippen LogP) is 8.50. The lowest BCUT2D eigenvalue weighted by molar-refractivity contribution is -0.140. The summed E-state index contributed by atoms with van der Waals surface area (Å²) in [6, 6.07) is 23.9. The molecule has 1 unspecified atom stereocenters. The summed E-state index contributed by atoms with van der Waals surface area (Å²) in [7, 11) is -4.32. The lowest BCUT2D eigenvalue weighted by Crippen LogP contribution is -2.54. The number of aryl methyl sites for hydroxylation is 1. The van der Waals surface area contributed by atoms with Crippen molar-refractivity contribution in [2.45, 2.75) is 62.6 Å². The Morgan fingerprint density at radius 2 is 1.48 bits per heavy atom. The minimum atomic E-state index is -4.32. The van der Waals surface area contributed by atoms with Crippen LogP contribution in [0.3, 0.4) is 0 Å². The van der Waals surface area contributed by atoms with Gasteiger partial charge in [0.1, 0.15) is 12.6 Å². The minimum Gasteiger partial charge on any atom is -0.352 e. The second kappa shape index (κ2) is 16.0. The Bertz CT molecular complexity index is 1850. The van der Waals surface area contributed by atoms with E-state index in [4.69, 9.17) is 46.4 Å². The maximum absolute atomic E-state index is 14.7. The van der Waals surface area contributed by atoms with Crippen LogP contribution in [0.2, 0.25) is 20.1 Å². The normalized spacial score (nSPS) is 14.0. The quantitative estimate of drug-likeness (QED) is 0.158. The van der Waals surface area contributed by atoms with Crippen molar-refractivity contribution in [2.24, 2.45) is 0 Å². The number of carbonyl (C=O) groups is 2. The fourth-order valence-electron chi connectivity index (χ4n) is 5.80. The number of carbonyl (C=O) groups excluding carboxylic acids is 2. The highest BCUT2D eigenvalue weighted by molar-refractivity contribution is 7.92. The van der Waals surface area contributed by atoms with Crippen LogP contribution in [0, 0.1) is 6.92 Å². The first-order valence-corrected chi connectivity index (χ1v) is 18.5. The van der Waals surface area contributed by atoms with Crippen LogP contribution in [-0.4, -0.2) is 43.8 Å². The van der Waals surface area contributed by atoms with E-state index < -0.39 is 28.5 Å². The highest BCUT2D eigenvalue weighted by Crippen LogP contribution is 2.31. The average Bonchev–Trinajstić information content (AvgIpc) is 3.55. The molecule has 0 radical (unpaired) electrons. The first kappa shape index (κ1) is 36.0. The number of sulfonamides is 1. The van der Waals surface area contributed by atoms with E-state index in [1.165, 1.54) is 35.2 Å². The van der Waals surface area contributed by atoms with Gasteiger partial charge in [-0.05, 0) is 73.4 Å². The number of nitrogens with one attached hydrogen (secondary N) is 1. The van der Waals surface area contributed by atoms with E-state index >= 15 is 0 Å². The van der Waals surface area contributed by atoms with Crippen molar-refractivity contribution in [1.82, 2.24) is 10.2 Å². The molecule has 1 atom stereocenters. The number of hydrogen-bond donors (Lipinski definition) is 1. The maximum Gasteiger partial charge on any atom is 0.264 e. The van der Waals surface area contributed by atoms with E-state index in [-0.39, 0.29) is 45.5 Å². The number of nitrogens with zero attached hydrogens (tertiary/aromatic N) is 2. The second-order valence-corrected chi connectivity index (χ2v) is 15.5. The number of rotatable bonds is 12. The summed E-state index contributed by atoms with van der Waals surface area (Å²) in [4.78, 5) is 30.2. The molecule has 4 aromatic carbocycles. The topological polar surface area (TPSA) is 86.8 Å². The molecular formula is C36H35Cl4N3O4S. The van der Waals surface area contributed by atoms with Gasteiger partial charge in [0.25, 0.3) is 10.0 Å². The second-order valence-electron chi connectivity index (χ2n) is 11.9. The molecule has 0 bridgehead atoms. The smallest absolute Gasteiger partial charge is 0.264 e. The van der Waals surface area contributed by atoms with Crippen LogP contribution >= 0.6 is 46.4 Å². The van der Waals surface area contributed by atoms with Crippen molar-refractivity contribution in [3.63, 3.8) is 0 Å². The third-order valence-electron chi connectivity index (χ3n) is 8.35. The Labute approximate surface area is 301 Å². The maximum atomic E-state index is 14.7. The van der Waals surface area contributed by atoms with Gasteiger partial charge in [-0.15, -0.1) is 0 Å². The van der Waals surface area contributed by atoms with E-state index in [0.29, 0.717) is 15.6 Å². The largest absolute Gasteiger partial charge is 0.352 e. The van der Waals surface area contributed by atoms with Crippen LogP contribution in [0.5, 0.6) is 0 Å². The van der Waals surface area contributed by atoms with Gasteiger partial charge in [0.2, 0.25) is 11.8 Å². The molecule has 5 rings (SSSR count). The van der Waals surface area contributed by atoms with Crippen molar-refractivity contribution in [2.75, 3.05) is 10.8 Å². The number of amides is 2. The van der Waals surface area contributed by atoms with Crippen LogP contribution in [0.4, 0.5) is 5.69 Å². The highest BCUT2D eigenvalue weighted by Gasteiger charge is 2.36. The van der Waals surface area contributed by atoms with Gasteiger partial charge in [-0.2, -0.15) is 0 Å². The molecule has 1 aliphatic carbocycles. The lowest BCUT2D eigenvalue weighted by Gasteiger charge is -2.34. The summed E-state index contributed by atoms with van der Waals surface area (Å²) in [5.41, 5.74) is 2.33. The van der Waals surface area contributed by atoms with Crippen LogP contribution in [0.15, 0.2) is 95.9 Å². The minimum absolute atomic E-state index is 0.0149. The van der Waals surface area contributed by atoms with E-state index in [0.717, 1.165) is 41.1 Å². The molecule has 1 N–H and O–H groups in total. The molecule has 1 saturated carbocycles. The zero-order valence-corrected chi connectivity index (χ0v) is 30.1. The van der Waals surface area contributed by atoms with Crippen molar-refractivity contribution < 1.29 is 18.0 Å². The van der Waals surface area contributed by atoms with Gasteiger partial charge in [-0.3, -0.25) is 13.9 Å². The molecule has 0 aromatic heterocycles. The summed E-state index contributed by atoms with van der Waals surface area (Å²) in [5, 5.41) is 4.25. The van der Waals surface area contributed by atoms with Crippen molar-refractivity contribution in [3.8, 4) is 0 Å². The molecule has 1 fully saturated rings. The summed E-state index contributed by atoms with van der Waals surface area (Å²) in [6.07, 6.45) is 3.89. The third-order valence-corrected chi connectivity index (χ3v) is 11.2. The fourth-order valence-corrected chi connectivity index (χ4v) is 8.19. The van der Waals surface area contributed by atoms with Gasteiger partial charge in [0.15, 0.2) is 0 Å². The first-order valence-electron chi connectivity index (χ1n) is 15.5. The highest BCUT2D eigenvalue weighted by atomic mass is 35.5. The molecule has 12 heteroatoms. The summed E-state index contributed by atoms with van der Waals surface area (Å²) in [5.74, 6) is -0.960. The molecule has 7 nitrogen and oxygen atoms in total. The molecule has 48 heavy (non-hydrogen) atoms. The van der Waals surface area contributed by atoms with E-state index in [2.05, 4.69) is 5.32 Å². The Balaban J connectivity index is 1.60. The average molecular weight is 748 g/mol. The molecule has 0 saturated heterocycles. The van der Waals surface area contributed by atoms with Gasteiger partial charge >= 0.3 is 0 Å².